The number of benzene rings is 1. The summed E-state index contributed by atoms with van der Waals surface area (Å²) in [6.07, 6.45) is 1.11. The van der Waals surface area contributed by atoms with Gasteiger partial charge in [0.15, 0.2) is 5.88 Å². The molecule has 0 bridgehead atoms. The first-order chi connectivity index (χ1) is 7.22. The zero-order valence-corrected chi connectivity index (χ0v) is 9.70. The lowest BCUT2D eigenvalue weighted by atomic mass is 10.3. The summed E-state index contributed by atoms with van der Waals surface area (Å²) in [4.78, 5) is 11.0. The quantitative estimate of drug-likeness (QED) is 0.498. The lowest BCUT2D eigenvalue weighted by Gasteiger charge is -2.04. The fourth-order valence-electron chi connectivity index (χ4n) is 0.954. The standard InChI is InChI=1S/C11H13NO3.ClH/c1-2-14-11(13)8-10(12)15-9-6-4-3-5-7-9;/h3-8H,2,12H2,1H3;1H/b10-8-;. The van der Waals surface area contributed by atoms with Crippen molar-refractivity contribution in [1.82, 2.24) is 0 Å². The zero-order chi connectivity index (χ0) is 11.1. The van der Waals surface area contributed by atoms with Gasteiger partial charge in [0.05, 0.1) is 12.7 Å². The van der Waals surface area contributed by atoms with Gasteiger partial charge < -0.3 is 15.2 Å². The van der Waals surface area contributed by atoms with E-state index in [4.69, 9.17) is 10.5 Å². The van der Waals surface area contributed by atoms with Gasteiger partial charge >= 0.3 is 5.97 Å². The molecule has 5 heteroatoms. The molecular formula is C11H14ClNO3. The minimum absolute atomic E-state index is 0. The monoisotopic (exact) mass is 243 g/mol. The molecule has 0 aliphatic carbocycles. The summed E-state index contributed by atoms with van der Waals surface area (Å²) in [5.41, 5.74) is 5.47. The van der Waals surface area contributed by atoms with E-state index in [2.05, 4.69) is 4.74 Å². The molecule has 0 aliphatic heterocycles. The average Bonchev–Trinajstić information content (AvgIpc) is 2.19. The number of nitrogens with two attached hydrogens (primary N) is 1. The Morgan fingerprint density at radius 3 is 2.56 bits per heavy atom. The van der Waals surface area contributed by atoms with Crippen LogP contribution >= 0.6 is 12.4 Å². The normalized spacial score (nSPS) is 10.2. The number of halogens is 1. The minimum atomic E-state index is -0.508. The molecule has 0 atom stereocenters. The van der Waals surface area contributed by atoms with Crippen molar-refractivity contribution in [3.05, 3.63) is 42.3 Å². The first-order valence-corrected chi connectivity index (χ1v) is 4.59. The second-order valence-electron chi connectivity index (χ2n) is 2.71. The van der Waals surface area contributed by atoms with Crippen LogP contribution in [0.5, 0.6) is 5.75 Å². The molecule has 1 rings (SSSR count). The molecular weight excluding hydrogens is 230 g/mol. The van der Waals surface area contributed by atoms with Crippen molar-refractivity contribution in [2.75, 3.05) is 6.61 Å². The first-order valence-electron chi connectivity index (χ1n) is 4.59. The van der Waals surface area contributed by atoms with E-state index in [0.29, 0.717) is 12.4 Å². The van der Waals surface area contributed by atoms with E-state index in [0.717, 1.165) is 6.08 Å². The van der Waals surface area contributed by atoms with Gasteiger partial charge in [-0.3, -0.25) is 0 Å². The van der Waals surface area contributed by atoms with Gasteiger partial charge in [-0.15, -0.1) is 12.4 Å². The highest BCUT2D eigenvalue weighted by Gasteiger charge is 2.00. The van der Waals surface area contributed by atoms with E-state index in [1.54, 1.807) is 19.1 Å². The molecule has 16 heavy (non-hydrogen) atoms. The van der Waals surface area contributed by atoms with Crippen LogP contribution in [-0.4, -0.2) is 12.6 Å². The van der Waals surface area contributed by atoms with Crippen LogP contribution in [0, 0.1) is 0 Å². The molecule has 0 heterocycles. The highest BCUT2D eigenvalue weighted by atomic mass is 35.5. The van der Waals surface area contributed by atoms with Gasteiger partial charge in [0.2, 0.25) is 0 Å². The largest absolute Gasteiger partial charge is 0.463 e. The second kappa shape index (κ2) is 7.59. The Kier molecular flexibility index (Phi) is 6.79. The van der Waals surface area contributed by atoms with E-state index >= 15 is 0 Å². The molecule has 0 saturated heterocycles. The lowest BCUT2D eigenvalue weighted by molar-refractivity contribution is -0.137. The van der Waals surface area contributed by atoms with E-state index in [1.807, 2.05) is 18.2 Å². The molecule has 0 saturated carbocycles. The van der Waals surface area contributed by atoms with Crippen LogP contribution in [0.3, 0.4) is 0 Å². The summed E-state index contributed by atoms with van der Waals surface area (Å²) in [7, 11) is 0. The van der Waals surface area contributed by atoms with Crippen molar-refractivity contribution in [1.29, 1.82) is 0 Å². The van der Waals surface area contributed by atoms with E-state index in [1.165, 1.54) is 0 Å². The third-order valence-corrected chi connectivity index (χ3v) is 1.53. The lowest BCUT2D eigenvalue weighted by Crippen LogP contribution is -2.10. The third-order valence-electron chi connectivity index (χ3n) is 1.53. The number of carbonyl (C=O) groups excluding carboxylic acids is 1. The molecule has 2 N–H and O–H groups in total. The number of esters is 1. The molecule has 0 spiro atoms. The number of hydrogen-bond donors (Lipinski definition) is 1. The highest BCUT2D eigenvalue weighted by Crippen LogP contribution is 2.10. The van der Waals surface area contributed by atoms with Crippen LogP contribution in [0.4, 0.5) is 0 Å². The van der Waals surface area contributed by atoms with Crippen molar-refractivity contribution in [3.8, 4) is 5.75 Å². The first kappa shape index (κ1) is 14.3. The van der Waals surface area contributed by atoms with Crippen LogP contribution < -0.4 is 10.5 Å². The Morgan fingerprint density at radius 1 is 1.38 bits per heavy atom. The van der Waals surface area contributed by atoms with Crippen LogP contribution in [-0.2, 0) is 9.53 Å². The molecule has 0 unspecified atom stereocenters. The van der Waals surface area contributed by atoms with E-state index < -0.39 is 5.97 Å². The number of carbonyl (C=O) groups is 1. The SMILES string of the molecule is CCOC(=O)/C=C(/N)Oc1ccccc1.Cl. The summed E-state index contributed by atoms with van der Waals surface area (Å²) in [5.74, 6) is 0.0844. The maximum atomic E-state index is 11.0. The van der Waals surface area contributed by atoms with Gasteiger partial charge in [-0.1, -0.05) is 18.2 Å². The van der Waals surface area contributed by atoms with Gasteiger partial charge in [0.1, 0.15) is 5.75 Å². The zero-order valence-electron chi connectivity index (χ0n) is 8.88. The van der Waals surface area contributed by atoms with Crippen LogP contribution in [0.1, 0.15) is 6.92 Å². The molecule has 0 radical (unpaired) electrons. The van der Waals surface area contributed by atoms with Crippen molar-refractivity contribution in [3.63, 3.8) is 0 Å². The van der Waals surface area contributed by atoms with Crippen LogP contribution in [0.2, 0.25) is 0 Å². The number of hydrogen-bond acceptors (Lipinski definition) is 4. The van der Waals surface area contributed by atoms with E-state index in [-0.39, 0.29) is 18.3 Å². The summed E-state index contributed by atoms with van der Waals surface area (Å²) >= 11 is 0. The summed E-state index contributed by atoms with van der Waals surface area (Å²) in [6, 6.07) is 8.97. The summed E-state index contributed by atoms with van der Waals surface area (Å²) in [5, 5.41) is 0. The Balaban J connectivity index is 0.00000225. The van der Waals surface area contributed by atoms with Crippen molar-refractivity contribution >= 4 is 18.4 Å². The third kappa shape index (κ3) is 5.26. The maximum Gasteiger partial charge on any atom is 0.336 e. The summed E-state index contributed by atoms with van der Waals surface area (Å²) in [6.45, 7) is 2.04. The Labute approximate surface area is 100 Å². The number of rotatable bonds is 4. The predicted molar refractivity (Wildman–Crippen MR) is 63.2 cm³/mol. The Hall–Kier alpha value is -1.68. The molecule has 1 aromatic rings. The molecule has 4 nitrogen and oxygen atoms in total. The average molecular weight is 244 g/mol. The van der Waals surface area contributed by atoms with Crippen LogP contribution in [0.15, 0.2) is 42.3 Å². The fraction of sp³-hybridized carbons (Fsp3) is 0.182. The van der Waals surface area contributed by atoms with Crippen LogP contribution in [0.25, 0.3) is 0 Å². The molecule has 1 aromatic carbocycles. The predicted octanol–water partition coefficient (Wildman–Crippen LogP) is 1.85. The van der Waals surface area contributed by atoms with Crippen molar-refractivity contribution in [2.45, 2.75) is 6.92 Å². The highest BCUT2D eigenvalue weighted by molar-refractivity contribution is 5.85. The fourth-order valence-corrected chi connectivity index (χ4v) is 0.954. The van der Waals surface area contributed by atoms with Crippen molar-refractivity contribution < 1.29 is 14.3 Å². The molecule has 0 aromatic heterocycles. The smallest absolute Gasteiger partial charge is 0.336 e. The van der Waals surface area contributed by atoms with E-state index in [9.17, 15) is 4.79 Å². The topological polar surface area (TPSA) is 61.5 Å². The molecule has 0 amide bonds. The maximum absolute atomic E-state index is 11.0. The second-order valence-corrected chi connectivity index (χ2v) is 2.71. The van der Waals surface area contributed by atoms with Gasteiger partial charge in [-0.25, -0.2) is 4.79 Å². The van der Waals surface area contributed by atoms with Gasteiger partial charge in [0, 0.05) is 0 Å². The molecule has 0 aliphatic rings. The Morgan fingerprint density at radius 2 is 2.00 bits per heavy atom. The number of para-hydroxylation sites is 1. The molecule has 88 valence electrons. The minimum Gasteiger partial charge on any atom is -0.463 e. The van der Waals surface area contributed by atoms with Gasteiger partial charge in [-0.2, -0.15) is 0 Å². The number of ether oxygens (including phenoxy) is 2. The molecule has 0 fully saturated rings. The summed E-state index contributed by atoms with van der Waals surface area (Å²) < 4.78 is 9.84. The van der Waals surface area contributed by atoms with Gasteiger partial charge in [-0.05, 0) is 19.1 Å². The van der Waals surface area contributed by atoms with Gasteiger partial charge in [0.25, 0.3) is 0 Å². The van der Waals surface area contributed by atoms with Crippen molar-refractivity contribution in [2.24, 2.45) is 5.73 Å². The Bertz CT molecular complexity index is 352.